The molecule has 0 N–H and O–H groups in total. The van der Waals surface area contributed by atoms with Gasteiger partial charge in [0.05, 0.1) is 6.10 Å². The minimum atomic E-state index is 0.274. The van der Waals surface area contributed by atoms with E-state index in [0.29, 0.717) is 0 Å². The number of aromatic nitrogens is 2. The van der Waals surface area contributed by atoms with Crippen molar-refractivity contribution in [2.24, 2.45) is 0 Å². The molecule has 0 amide bonds. The van der Waals surface area contributed by atoms with Gasteiger partial charge in [0.15, 0.2) is 0 Å². The second kappa shape index (κ2) is 7.38. The molecule has 5 nitrogen and oxygen atoms in total. The first-order valence-electron chi connectivity index (χ1n) is 8.67. The largest absolute Gasteiger partial charge is 0.375 e. The van der Waals surface area contributed by atoms with Gasteiger partial charge in [-0.2, -0.15) is 0 Å². The van der Waals surface area contributed by atoms with Gasteiger partial charge in [0, 0.05) is 38.1 Å². The number of nitrogens with zero attached hydrogens (tertiary/aromatic N) is 4. The molecule has 122 valence electrons. The highest BCUT2D eigenvalue weighted by Crippen LogP contribution is 2.17. The molecule has 1 aromatic rings. The Labute approximate surface area is 133 Å². The zero-order chi connectivity index (χ0) is 15.4. The standard InChI is InChI=1S/C17H28N4O/c1-3-16-14(2)11-18-17(19-16)21-9-6-10-22-15(13-21)12-20-7-4-5-8-20/h11,15H,3-10,12-13H2,1-2H3/t15-/m0/s1. The molecule has 0 aromatic carbocycles. The first kappa shape index (κ1) is 15.7. The number of hydrogen-bond donors (Lipinski definition) is 0. The van der Waals surface area contributed by atoms with E-state index in [2.05, 4.69) is 28.6 Å². The maximum Gasteiger partial charge on any atom is 0.225 e. The smallest absolute Gasteiger partial charge is 0.225 e. The second-order valence-corrected chi connectivity index (χ2v) is 6.45. The fourth-order valence-electron chi connectivity index (χ4n) is 3.42. The molecule has 1 aromatic heterocycles. The Morgan fingerprint density at radius 3 is 2.82 bits per heavy atom. The topological polar surface area (TPSA) is 41.5 Å². The summed E-state index contributed by atoms with van der Waals surface area (Å²) in [6.45, 7) is 10.5. The van der Waals surface area contributed by atoms with Crippen LogP contribution in [0.2, 0.25) is 0 Å². The molecule has 3 rings (SSSR count). The third kappa shape index (κ3) is 3.76. The van der Waals surface area contributed by atoms with Crippen LogP contribution < -0.4 is 4.90 Å². The highest BCUT2D eigenvalue weighted by Gasteiger charge is 2.24. The molecule has 0 radical (unpaired) electrons. The normalized spacial score (nSPS) is 23.7. The van der Waals surface area contributed by atoms with E-state index in [4.69, 9.17) is 9.72 Å². The average Bonchev–Trinajstić information content (AvgIpc) is 2.92. The van der Waals surface area contributed by atoms with Crippen LogP contribution in [-0.2, 0) is 11.2 Å². The van der Waals surface area contributed by atoms with Crippen molar-refractivity contribution in [3.8, 4) is 0 Å². The summed E-state index contributed by atoms with van der Waals surface area (Å²) in [5, 5.41) is 0. The van der Waals surface area contributed by atoms with Crippen LogP contribution in [0, 0.1) is 6.92 Å². The predicted molar refractivity (Wildman–Crippen MR) is 88.4 cm³/mol. The van der Waals surface area contributed by atoms with Gasteiger partial charge < -0.3 is 14.5 Å². The Morgan fingerprint density at radius 2 is 2.05 bits per heavy atom. The lowest BCUT2D eigenvalue weighted by molar-refractivity contribution is 0.0450. The van der Waals surface area contributed by atoms with Crippen molar-refractivity contribution in [2.45, 2.75) is 45.6 Å². The van der Waals surface area contributed by atoms with Crippen molar-refractivity contribution < 1.29 is 4.74 Å². The molecule has 2 aliphatic heterocycles. The Balaban J connectivity index is 1.68. The van der Waals surface area contributed by atoms with Gasteiger partial charge >= 0.3 is 0 Å². The zero-order valence-corrected chi connectivity index (χ0v) is 13.9. The SMILES string of the molecule is CCc1nc(N2CCCO[C@@H](CN3CCCC3)C2)ncc1C. The van der Waals surface area contributed by atoms with Crippen molar-refractivity contribution in [1.82, 2.24) is 14.9 Å². The van der Waals surface area contributed by atoms with E-state index < -0.39 is 0 Å². The fourth-order valence-corrected chi connectivity index (χ4v) is 3.42. The summed E-state index contributed by atoms with van der Waals surface area (Å²) in [4.78, 5) is 14.2. The molecule has 5 heteroatoms. The zero-order valence-electron chi connectivity index (χ0n) is 13.9. The van der Waals surface area contributed by atoms with E-state index in [9.17, 15) is 0 Å². The molecule has 0 unspecified atom stereocenters. The Kier molecular flexibility index (Phi) is 5.26. The first-order chi connectivity index (χ1) is 10.8. The van der Waals surface area contributed by atoms with Crippen LogP contribution in [0.3, 0.4) is 0 Å². The minimum absolute atomic E-state index is 0.274. The lowest BCUT2D eigenvalue weighted by Gasteiger charge is -2.27. The maximum atomic E-state index is 6.06. The van der Waals surface area contributed by atoms with Crippen molar-refractivity contribution >= 4 is 5.95 Å². The number of likely N-dealkylation sites (tertiary alicyclic amines) is 1. The van der Waals surface area contributed by atoms with Crippen LogP contribution in [-0.4, -0.2) is 60.3 Å². The Hall–Kier alpha value is -1.20. The molecule has 1 atom stereocenters. The van der Waals surface area contributed by atoms with Gasteiger partial charge in [-0.1, -0.05) is 6.92 Å². The molecule has 2 fully saturated rings. The summed E-state index contributed by atoms with van der Waals surface area (Å²) in [6, 6.07) is 0. The van der Waals surface area contributed by atoms with Gasteiger partial charge in [0.25, 0.3) is 0 Å². The van der Waals surface area contributed by atoms with Gasteiger partial charge in [-0.05, 0) is 51.3 Å². The van der Waals surface area contributed by atoms with E-state index in [1.54, 1.807) is 0 Å². The minimum Gasteiger partial charge on any atom is -0.375 e. The number of hydrogen-bond acceptors (Lipinski definition) is 5. The van der Waals surface area contributed by atoms with E-state index in [1.807, 2.05) is 6.20 Å². The van der Waals surface area contributed by atoms with E-state index in [0.717, 1.165) is 50.7 Å². The van der Waals surface area contributed by atoms with Gasteiger partial charge in [-0.3, -0.25) is 0 Å². The molecule has 0 aliphatic carbocycles. The van der Waals surface area contributed by atoms with Crippen LogP contribution in [0.1, 0.15) is 37.4 Å². The van der Waals surface area contributed by atoms with Gasteiger partial charge in [0.1, 0.15) is 0 Å². The summed E-state index contributed by atoms with van der Waals surface area (Å²) < 4.78 is 6.06. The van der Waals surface area contributed by atoms with E-state index in [-0.39, 0.29) is 6.10 Å². The average molecular weight is 304 g/mol. The van der Waals surface area contributed by atoms with Crippen LogP contribution in [0.4, 0.5) is 5.95 Å². The first-order valence-corrected chi connectivity index (χ1v) is 8.67. The highest BCUT2D eigenvalue weighted by molar-refractivity contribution is 5.33. The third-order valence-corrected chi connectivity index (χ3v) is 4.69. The van der Waals surface area contributed by atoms with Crippen molar-refractivity contribution in [3.63, 3.8) is 0 Å². The summed E-state index contributed by atoms with van der Waals surface area (Å²) in [5.74, 6) is 0.874. The van der Waals surface area contributed by atoms with Crippen LogP contribution in [0.25, 0.3) is 0 Å². The van der Waals surface area contributed by atoms with Crippen molar-refractivity contribution in [3.05, 3.63) is 17.5 Å². The Bertz CT molecular complexity index is 488. The number of aryl methyl sites for hydroxylation is 2. The van der Waals surface area contributed by atoms with Crippen molar-refractivity contribution in [2.75, 3.05) is 44.2 Å². The maximum absolute atomic E-state index is 6.06. The Morgan fingerprint density at radius 1 is 1.23 bits per heavy atom. The highest BCUT2D eigenvalue weighted by atomic mass is 16.5. The third-order valence-electron chi connectivity index (χ3n) is 4.69. The van der Waals surface area contributed by atoms with Crippen molar-refractivity contribution in [1.29, 1.82) is 0 Å². The summed E-state index contributed by atoms with van der Waals surface area (Å²) in [5.41, 5.74) is 2.34. The van der Waals surface area contributed by atoms with Gasteiger partial charge in [-0.15, -0.1) is 0 Å². The number of rotatable bonds is 4. The molecular formula is C17H28N4O. The number of anilines is 1. The van der Waals surface area contributed by atoms with Crippen LogP contribution in [0.5, 0.6) is 0 Å². The molecule has 22 heavy (non-hydrogen) atoms. The molecule has 0 saturated carbocycles. The van der Waals surface area contributed by atoms with Crippen LogP contribution in [0.15, 0.2) is 6.20 Å². The lowest BCUT2D eigenvalue weighted by atomic mass is 10.2. The molecule has 0 spiro atoms. The van der Waals surface area contributed by atoms with E-state index in [1.165, 1.54) is 31.5 Å². The molecule has 3 heterocycles. The quantitative estimate of drug-likeness (QED) is 0.851. The number of ether oxygens (including phenoxy) is 1. The second-order valence-electron chi connectivity index (χ2n) is 6.45. The predicted octanol–water partition coefficient (Wildman–Crippen LogP) is 2.04. The fraction of sp³-hybridized carbons (Fsp3) is 0.765. The summed E-state index contributed by atoms with van der Waals surface area (Å²) in [7, 11) is 0. The monoisotopic (exact) mass is 304 g/mol. The van der Waals surface area contributed by atoms with E-state index >= 15 is 0 Å². The summed E-state index contributed by atoms with van der Waals surface area (Å²) >= 11 is 0. The lowest BCUT2D eigenvalue weighted by Crippen LogP contribution is -2.40. The molecule has 0 bridgehead atoms. The molecule has 2 aliphatic rings. The van der Waals surface area contributed by atoms with Gasteiger partial charge in [0.2, 0.25) is 5.95 Å². The molecule has 2 saturated heterocycles. The summed E-state index contributed by atoms with van der Waals surface area (Å²) in [6.07, 6.45) is 6.91. The molecular weight excluding hydrogens is 276 g/mol. The van der Waals surface area contributed by atoms with Gasteiger partial charge in [-0.25, -0.2) is 9.97 Å². The van der Waals surface area contributed by atoms with Crippen LogP contribution >= 0.6 is 0 Å².